The third kappa shape index (κ3) is 4.64. The highest BCUT2D eigenvalue weighted by Crippen LogP contribution is 2.17. The van der Waals surface area contributed by atoms with E-state index in [1.165, 1.54) is 7.11 Å². The molecular weight excluding hydrogens is 254 g/mol. The van der Waals surface area contributed by atoms with Crippen LogP contribution in [0.15, 0.2) is 24.3 Å². The van der Waals surface area contributed by atoms with E-state index >= 15 is 0 Å². The van der Waals surface area contributed by atoms with Crippen LogP contribution >= 0.6 is 11.6 Å². The van der Waals surface area contributed by atoms with Crippen LogP contribution in [0.1, 0.15) is 18.0 Å². The van der Waals surface area contributed by atoms with Crippen molar-refractivity contribution in [2.75, 3.05) is 27.4 Å². The average molecular weight is 272 g/mol. The van der Waals surface area contributed by atoms with Gasteiger partial charge < -0.3 is 14.8 Å². The third-order valence-electron chi connectivity index (χ3n) is 2.51. The average Bonchev–Trinajstić information content (AvgIpc) is 2.39. The number of ether oxygens (including phenoxy) is 2. The van der Waals surface area contributed by atoms with E-state index in [-0.39, 0.29) is 5.97 Å². The Morgan fingerprint density at radius 3 is 2.56 bits per heavy atom. The van der Waals surface area contributed by atoms with E-state index in [1.54, 1.807) is 19.2 Å². The number of hydrogen-bond acceptors (Lipinski definition) is 4. The standard InChI is InChI=1S/C13H18ClNO3/c1-17-9-3-8-15-12(13(16)18-2)10-4-6-11(14)7-5-10/h4-7,12,15H,3,8-9H2,1-2H3. The van der Waals surface area contributed by atoms with Gasteiger partial charge in [-0.3, -0.25) is 0 Å². The Hall–Kier alpha value is -1.10. The van der Waals surface area contributed by atoms with Gasteiger partial charge in [-0.25, -0.2) is 4.79 Å². The van der Waals surface area contributed by atoms with Gasteiger partial charge in [0, 0.05) is 18.7 Å². The predicted octanol–water partition coefficient (Wildman–Crippen LogP) is 2.18. The van der Waals surface area contributed by atoms with Crippen LogP contribution < -0.4 is 5.32 Å². The summed E-state index contributed by atoms with van der Waals surface area (Å²) in [6.45, 7) is 1.33. The van der Waals surface area contributed by atoms with E-state index in [0.29, 0.717) is 18.2 Å². The Kier molecular flexibility index (Phi) is 6.72. The van der Waals surface area contributed by atoms with Crippen LogP contribution in [0.5, 0.6) is 0 Å². The Morgan fingerprint density at radius 2 is 2.00 bits per heavy atom. The Bertz CT molecular complexity index is 367. The lowest BCUT2D eigenvalue weighted by Crippen LogP contribution is -2.30. The van der Waals surface area contributed by atoms with E-state index in [2.05, 4.69) is 5.32 Å². The molecule has 0 spiro atoms. The first-order valence-electron chi connectivity index (χ1n) is 5.74. The highest BCUT2D eigenvalue weighted by atomic mass is 35.5. The highest BCUT2D eigenvalue weighted by Gasteiger charge is 2.20. The third-order valence-corrected chi connectivity index (χ3v) is 2.77. The number of rotatable bonds is 7. The molecule has 0 amide bonds. The molecule has 0 radical (unpaired) electrons. The zero-order chi connectivity index (χ0) is 13.4. The molecular formula is C13H18ClNO3. The fraction of sp³-hybridized carbons (Fsp3) is 0.462. The molecule has 1 atom stereocenters. The second-order valence-corrected chi connectivity index (χ2v) is 4.24. The molecule has 0 saturated heterocycles. The van der Waals surface area contributed by atoms with Gasteiger partial charge in [0.05, 0.1) is 7.11 Å². The number of esters is 1. The zero-order valence-corrected chi connectivity index (χ0v) is 11.4. The van der Waals surface area contributed by atoms with Gasteiger partial charge in [-0.15, -0.1) is 0 Å². The Labute approximate surface area is 112 Å². The molecule has 0 saturated carbocycles. The predicted molar refractivity (Wildman–Crippen MR) is 70.7 cm³/mol. The normalized spacial score (nSPS) is 12.2. The second-order valence-electron chi connectivity index (χ2n) is 3.81. The molecule has 0 aliphatic carbocycles. The van der Waals surface area contributed by atoms with E-state index in [9.17, 15) is 4.79 Å². The van der Waals surface area contributed by atoms with Crippen molar-refractivity contribution in [2.24, 2.45) is 0 Å². The van der Waals surface area contributed by atoms with Crippen LogP contribution in [0.3, 0.4) is 0 Å². The number of benzene rings is 1. The molecule has 0 aromatic heterocycles. The molecule has 100 valence electrons. The van der Waals surface area contributed by atoms with Gasteiger partial charge in [0.25, 0.3) is 0 Å². The van der Waals surface area contributed by atoms with Gasteiger partial charge in [-0.1, -0.05) is 23.7 Å². The number of carbonyl (C=O) groups excluding carboxylic acids is 1. The summed E-state index contributed by atoms with van der Waals surface area (Å²) in [5, 5.41) is 3.78. The monoisotopic (exact) mass is 271 g/mol. The van der Waals surface area contributed by atoms with Crippen LogP contribution in [0.2, 0.25) is 5.02 Å². The summed E-state index contributed by atoms with van der Waals surface area (Å²) >= 11 is 5.82. The van der Waals surface area contributed by atoms with Gasteiger partial charge in [-0.2, -0.15) is 0 Å². The van der Waals surface area contributed by atoms with E-state index in [0.717, 1.165) is 12.0 Å². The lowest BCUT2D eigenvalue weighted by atomic mass is 10.1. The number of methoxy groups -OCH3 is 2. The smallest absolute Gasteiger partial charge is 0.327 e. The van der Waals surface area contributed by atoms with Crippen molar-refractivity contribution in [1.29, 1.82) is 0 Å². The molecule has 0 heterocycles. The minimum absolute atomic E-state index is 0.310. The lowest BCUT2D eigenvalue weighted by molar-refractivity contribution is -0.143. The maximum atomic E-state index is 11.7. The molecule has 18 heavy (non-hydrogen) atoms. The number of hydrogen-bond donors (Lipinski definition) is 1. The first-order valence-corrected chi connectivity index (χ1v) is 6.12. The van der Waals surface area contributed by atoms with Crippen LogP contribution in [-0.4, -0.2) is 33.3 Å². The first-order chi connectivity index (χ1) is 8.69. The van der Waals surface area contributed by atoms with Crippen molar-refractivity contribution in [2.45, 2.75) is 12.5 Å². The fourth-order valence-corrected chi connectivity index (χ4v) is 1.70. The summed E-state index contributed by atoms with van der Waals surface area (Å²) in [5.41, 5.74) is 0.837. The van der Waals surface area contributed by atoms with Crippen LogP contribution in [-0.2, 0) is 14.3 Å². The highest BCUT2D eigenvalue weighted by molar-refractivity contribution is 6.30. The van der Waals surface area contributed by atoms with Crippen molar-refractivity contribution in [3.05, 3.63) is 34.9 Å². The molecule has 1 unspecified atom stereocenters. The molecule has 4 nitrogen and oxygen atoms in total. The van der Waals surface area contributed by atoms with Crippen molar-refractivity contribution < 1.29 is 14.3 Å². The summed E-state index contributed by atoms with van der Waals surface area (Å²) < 4.78 is 9.75. The molecule has 0 aliphatic rings. The quantitative estimate of drug-likeness (QED) is 0.610. The van der Waals surface area contributed by atoms with Gasteiger partial charge in [0.15, 0.2) is 0 Å². The van der Waals surface area contributed by atoms with Crippen LogP contribution in [0.25, 0.3) is 0 Å². The minimum atomic E-state index is -0.468. The summed E-state index contributed by atoms with van der Waals surface area (Å²) in [6, 6.07) is 6.66. The van der Waals surface area contributed by atoms with E-state index in [1.807, 2.05) is 12.1 Å². The fourth-order valence-electron chi connectivity index (χ4n) is 1.57. The van der Waals surface area contributed by atoms with Gasteiger partial charge in [-0.05, 0) is 30.7 Å². The van der Waals surface area contributed by atoms with Gasteiger partial charge >= 0.3 is 5.97 Å². The molecule has 1 N–H and O–H groups in total. The summed E-state index contributed by atoms with van der Waals surface area (Å²) in [5.74, 6) is -0.310. The van der Waals surface area contributed by atoms with Crippen molar-refractivity contribution in [3.63, 3.8) is 0 Å². The number of carbonyl (C=O) groups is 1. The largest absolute Gasteiger partial charge is 0.468 e. The number of nitrogens with one attached hydrogen (secondary N) is 1. The van der Waals surface area contributed by atoms with Crippen LogP contribution in [0.4, 0.5) is 0 Å². The molecule has 0 aliphatic heterocycles. The first kappa shape index (κ1) is 15.0. The summed E-state index contributed by atoms with van der Waals surface area (Å²) in [6.07, 6.45) is 0.831. The molecule has 1 aromatic carbocycles. The molecule has 0 bridgehead atoms. The lowest BCUT2D eigenvalue weighted by Gasteiger charge is -2.16. The van der Waals surface area contributed by atoms with Crippen LogP contribution in [0, 0.1) is 0 Å². The molecule has 0 fully saturated rings. The maximum absolute atomic E-state index is 11.7. The van der Waals surface area contributed by atoms with Crippen molar-refractivity contribution in [1.82, 2.24) is 5.32 Å². The summed E-state index contributed by atoms with van der Waals surface area (Å²) in [7, 11) is 3.03. The second kappa shape index (κ2) is 8.08. The van der Waals surface area contributed by atoms with Gasteiger partial charge in [0.2, 0.25) is 0 Å². The Balaban J connectivity index is 2.66. The van der Waals surface area contributed by atoms with Crippen molar-refractivity contribution >= 4 is 17.6 Å². The molecule has 1 aromatic rings. The topological polar surface area (TPSA) is 47.6 Å². The molecule has 1 rings (SSSR count). The van der Waals surface area contributed by atoms with E-state index in [4.69, 9.17) is 21.1 Å². The maximum Gasteiger partial charge on any atom is 0.327 e. The number of halogens is 1. The van der Waals surface area contributed by atoms with E-state index < -0.39 is 6.04 Å². The van der Waals surface area contributed by atoms with Gasteiger partial charge in [0.1, 0.15) is 6.04 Å². The van der Waals surface area contributed by atoms with Crippen molar-refractivity contribution in [3.8, 4) is 0 Å². The Morgan fingerprint density at radius 1 is 1.33 bits per heavy atom. The molecule has 5 heteroatoms. The SMILES string of the molecule is COCCCNC(C(=O)OC)c1ccc(Cl)cc1. The minimum Gasteiger partial charge on any atom is -0.468 e. The summed E-state index contributed by atoms with van der Waals surface area (Å²) in [4.78, 5) is 11.7. The zero-order valence-electron chi connectivity index (χ0n) is 10.6.